The number of nitrogens with zero attached hydrogens (tertiary/aromatic N) is 3. The number of aromatic nitrogens is 1. The maximum absolute atomic E-state index is 11.2. The van der Waals surface area contributed by atoms with E-state index in [2.05, 4.69) is 9.38 Å². The monoisotopic (exact) mass is 213 g/mol. The van der Waals surface area contributed by atoms with Crippen LogP contribution in [0.2, 0.25) is 0 Å². The smallest absolute Gasteiger partial charge is 0.264 e. The summed E-state index contributed by atoms with van der Waals surface area (Å²) in [6.07, 6.45) is 4.41. The van der Waals surface area contributed by atoms with Crippen molar-refractivity contribution in [2.24, 2.45) is 4.40 Å². The third-order valence-electron chi connectivity index (χ3n) is 1.48. The van der Waals surface area contributed by atoms with Crippen molar-refractivity contribution in [3.63, 3.8) is 0 Å². The molecule has 0 aliphatic heterocycles. The molecule has 0 aliphatic carbocycles. The molecule has 0 atom stereocenters. The fourth-order valence-electron chi connectivity index (χ4n) is 0.674. The van der Waals surface area contributed by atoms with E-state index in [1.807, 2.05) is 0 Å². The zero-order valence-electron chi connectivity index (χ0n) is 7.95. The summed E-state index contributed by atoms with van der Waals surface area (Å²) in [6, 6.07) is 3.44. The van der Waals surface area contributed by atoms with Gasteiger partial charge in [0.05, 0.1) is 6.21 Å². The van der Waals surface area contributed by atoms with E-state index in [-0.39, 0.29) is 0 Å². The van der Waals surface area contributed by atoms with E-state index < -0.39 is 10.2 Å². The SMILES string of the molecule is CN(C)S(=O)(=O)/N=C/c1cccnc1. The molecule has 0 unspecified atom stereocenters. The first-order valence-electron chi connectivity index (χ1n) is 3.90. The highest BCUT2D eigenvalue weighted by molar-refractivity contribution is 7.87. The highest BCUT2D eigenvalue weighted by atomic mass is 32.2. The van der Waals surface area contributed by atoms with E-state index >= 15 is 0 Å². The van der Waals surface area contributed by atoms with E-state index in [1.54, 1.807) is 18.3 Å². The molecule has 1 rings (SSSR count). The molecule has 1 heterocycles. The van der Waals surface area contributed by atoms with Crippen LogP contribution in [0.3, 0.4) is 0 Å². The Labute approximate surface area is 83.3 Å². The van der Waals surface area contributed by atoms with E-state index in [1.165, 1.54) is 26.5 Å². The summed E-state index contributed by atoms with van der Waals surface area (Å²) < 4.78 is 26.9. The Kier molecular flexibility index (Phi) is 3.32. The van der Waals surface area contributed by atoms with Gasteiger partial charge in [0.25, 0.3) is 0 Å². The van der Waals surface area contributed by atoms with E-state index in [4.69, 9.17) is 0 Å². The summed E-state index contributed by atoms with van der Waals surface area (Å²) >= 11 is 0. The Balaban J connectivity index is 2.85. The minimum Gasteiger partial charge on any atom is -0.264 e. The Morgan fingerprint density at radius 2 is 2.21 bits per heavy atom. The fourth-order valence-corrected chi connectivity index (χ4v) is 1.12. The molecule has 0 spiro atoms. The molecule has 0 saturated carbocycles. The molecule has 0 radical (unpaired) electrons. The van der Waals surface area contributed by atoms with Gasteiger partial charge in [0.1, 0.15) is 0 Å². The molecule has 5 nitrogen and oxygen atoms in total. The van der Waals surface area contributed by atoms with Crippen LogP contribution in [0.5, 0.6) is 0 Å². The molecule has 0 aliphatic rings. The molecule has 0 bridgehead atoms. The summed E-state index contributed by atoms with van der Waals surface area (Å²) in [5.41, 5.74) is 0.651. The van der Waals surface area contributed by atoms with Crippen LogP contribution in [-0.2, 0) is 10.2 Å². The first-order chi connectivity index (χ1) is 6.52. The summed E-state index contributed by atoms with van der Waals surface area (Å²) in [5.74, 6) is 0. The summed E-state index contributed by atoms with van der Waals surface area (Å²) in [4.78, 5) is 3.83. The molecule has 14 heavy (non-hydrogen) atoms. The van der Waals surface area contributed by atoms with Gasteiger partial charge in [-0.15, -0.1) is 0 Å². The van der Waals surface area contributed by atoms with Crippen LogP contribution in [0.15, 0.2) is 28.9 Å². The average molecular weight is 213 g/mol. The lowest BCUT2D eigenvalue weighted by molar-refractivity contribution is 0.523. The third kappa shape index (κ3) is 2.90. The van der Waals surface area contributed by atoms with Crippen molar-refractivity contribution in [3.05, 3.63) is 30.1 Å². The van der Waals surface area contributed by atoms with Crippen molar-refractivity contribution in [1.29, 1.82) is 0 Å². The average Bonchev–Trinajstić information content (AvgIpc) is 2.16. The second kappa shape index (κ2) is 4.30. The lowest BCUT2D eigenvalue weighted by Gasteiger charge is -2.04. The van der Waals surface area contributed by atoms with Gasteiger partial charge in [0.15, 0.2) is 0 Å². The summed E-state index contributed by atoms with van der Waals surface area (Å²) in [7, 11) is -0.668. The maximum Gasteiger partial charge on any atom is 0.321 e. The molecular formula is C8H11N3O2S. The summed E-state index contributed by atoms with van der Waals surface area (Å²) in [6.45, 7) is 0. The zero-order valence-corrected chi connectivity index (χ0v) is 8.77. The van der Waals surface area contributed by atoms with Crippen molar-refractivity contribution >= 4 is 16.4 Å². The minimum atomic E-state index is -3.52. The van der Waals surface area contributed by atoms with Crippen LogP contribution in [0.4, 0.5) is 0 Å². The van der Waals surface area contributed by atoms with Crippen molar-refractivity contribution < 1.29 is 8.42 Å². The van der Waals surface area contributed by atoms with Gasteiger partial charge in [-0.2, -0.15) is 17.1 Å². The number of hydrogen-bond donors (Lipinski definition) is 0. The topological polar surface area (TPSA) is 62.6 Å². The van der Waals surface area contributed by atoms with Crippen molar-refractivity contribution in [2.45, 2.75) is 0 Å². The molecular weight excluding hydrogens is 202 g/mol. The molecule has 0 fully saturated rings. The molecule has 0 saturated heterocycles. The Hall–Kier alpha value is -1.27. The normalized spacial score (nSPS) is 12.5. The van der Waals surface area contributed by atoms with Crippen LogP contribution in [0.25, 0.3) is 0 Å². The van der Waals surface area contributed by atoms with Gasteiger partial charge in [-0.3, -0.25) is 4.98 Å². The van der Waals surface area contributed by atoms with Gasteiger partial charge in [-0.05, 0) is 6.07 Å². The molecule has 0 aromatic carbocycles. The predicted octanol–water partition coefficient (Wildman–Crippen LogP) is 0.307. The Morgan fingerprint density at radius 3 is 2.71 bits per heavy atom. The van der Waals surface area contributed by atoms with Crippen LogP contribution in [0.1, 0.15) is 5.56 Å². The standard InChI is InChI=1S/C8H11N3O2S/c1-11(2)14(12,13)10-7-8-4-3-5-9-6-8/h3-7H,1-2H3/b10-7+. The van der Waals surface area contributed by atoms with Gasteiger partial charge in [0, 0.05) is 32.1 Å². The molecule has 0 amide bonds. The Morgan fingerprint density at radius 1 is 1.50 bits per heavy atom. The lowest BCUT2D eigenvalue weighted by atomic mass is 10.3. The van der Waals surface area contributed by atoms with Crippen LogP contribution < -0.4 is 0 Å². The largest absolute Gasteiger partial charge is 0.321 e. The lowest BCUT2D eigenvalue weighted by Crippen LogP contribution is -2.19. The van der Waals surface area contributed by atoms with Gasteiger partial charge >= 0.3 is 10.2 Å². The van der Waals surface area contributed by atoms with Gasteiger partial charge < -0.3 is 0 Å². The first kappa shape index (κ1) is 10.8. The highest BCUT2D eigenvalue weighted by Gasteiger charge is 2.08. The Bertz CT molecular complexity index is 411. The van der Waals surface area contributed by atoms with Crippen molar-refractivity contribution in [2.75, 3.05) is 14.1 Å². The van der Waals surface area contributed by atoms with Crippen LogP contribution >= 0.6 is 0 Å². The number of hydrogen-bond acceptors (Lipinski definition) is 3. The second-order valence-electron chi connectivity index (χ2n) is 2.78. The number of pyridine rings is 1. The van der Waals surface area contributed by atoms with Crippen LogP contribution in [0, 0.1) is 0 Å². The van der Waals surface area contributed by atoms with Crippen molar-refractivity contribution in [3.8, 4) is 0 Å². The molecule has 1 aromatic rings. The van der Waals surface area contributed by atoms with Gasteiger partial charge in [0.2, 0.25) is 0 Å². The van der Waals surface area contributed by atoms with E-state index in [9.17, 15) is 8.42 Å². The quantitative estimate of drug-likeness (QED) is 0.679. The molecule has 1 aromatic heterocycles. The summed E-state index contributed by atoms with van der Waals surface area (Å²) in [5, 5.41) is 0. The highest BCUT2D eigenvalue weighted by Crippen LogP contribution is 1.97. The zero-order chi connectivity index (χ0) is 10.6. The van der Waals surface area contributed by atoms with E-state index in [0.29, 0.717) is 5.56 Å². The van der Waals surface area contributed by atoms with Crippen LogP contribution in [-0.4, -0.2) is 38.0 Å². The van der Waals surface area contributed by atoms with E-state index in [0.717, 1.165) is 4.31 Å². The second-order valence-corrected chi connectivity index (χ2v) is 4.62. The maximum atomic E-state index is 11.2. The molecule has 76 valence electrons. The number of rotatable bonds is 3. The van der Waals surface area contributed by atoms with Gasteiger partial charge in [-0.25, -0.2) is 0 Å². The fraction of sp³-hybridized carbons (Fsp3) is 0.250. The van der Waals surface area contributed by atoms with Crippen molar-refractivity contribution in [1.82, 2.24) is 9.29 Å². The first-order valence-corrected chi connectivity index (χ1v) is 5.30. The molecule has 6 heteroatoms. The third-order valence-corrected chi connectivity index (χ3v) is 2.78. The minimum absolute atomic E-state index is 0.651. The van der Waals surface area contributed by atoms with Gasteiger partial charge in [-0.1, -0.05) is 6.07 Å². The molecule has 0 N–H and O–H groups in total. The predicted molar refractivity (Wildman–Crippen MR) is 54.4 cm³/mol.